The first-order valence-electron chi connectivity index (χ1n) is 5.45. The van der Waals surface area contributed by atoms with E-state index in [1.807, 2.05) is 6.20 Å². The van der Waals surface area contributed by atoms with Gasteiger partial charge in [-0.2, -0.15) is 5.10 Å². The largest absolute Gasteiger partial charge is 0.310 e. The summed E-state index contributed by atoms with van der Waals surface area (Å²) < 4.78 is 23.6. The van der Waals surface area contributed by atoms with Crippen molar-refractivity contribution in [2.45, 2.75) is 32.0 Å². The van der Waals surface area contributed by atoms with Gasteiger partial charge in [0.2, 0.25) is 0 Å². The molecule has 0 bridgehead atoms. The van der Waals surface area contributed by atoms with Gasteiger partial charge in [-0.25, -0.2) is 8.42 Å². The fraction of sp³-hybridized carbons (Fsp3) is 0.700. The Morgan fingerprint density at radius 2 is 2.31 bits per heavy atom. The molecule has 6 heteroatoms. The Balaban J connectivity index is 1.81. The van der Waals surface area contributed by atoms with E-state index in [9.17, 15) is 8.42 Å². The van der Waals surface area contributed by atoms with E-state index in [1.54, 1.807) is 10.9 Å². The highest BCUT2D eigenvalue weighted by Gasteiger charge is 2.20. The Kier molecular flexibility index (Phi) is 3.30. The van der Waals surface area contributed by atoms with Crippen LogP contribution in [0.15, 0.2) is 12.4 Å². The standard InChI is InChI=1S/C10H17N3O2S/c1-16(14,15)5-4-13-8-9(7-12-13)6-11-10-2-3-10/h7-8,10-11H,2-6H2,1H3. The van der Waals surface area contributed by atoms with Crippen molar-refractivity contribution in [3.8, 4) is 0 Å². The molecule has 1 saturated carbocycles. The molecule has 90 valence electrons. The molecule has 0 unspecified atom stereocenters. The lowest BCUT2D eigenvalue weighted by atomic mass is 10.3. The lowest BCUT2D eigenvalue weighted by Gasteiger charge is -2.00. The number of rotatable bonds is 6. The highest BCUT2D eigenvalue weighted by atomic mass is 32.2. The van der Waals surface area contributed by atoms with Gasteiger partial charge in [0.1, 0.15) is 9.84 Å². The normalized spacial score (nSPS) is 16.6. The van der Waals surface area contributed by atoms with Gasteiger partial charge < -0.3 is 5.32 Å². The monoisotopic (exact) mass is 243 g/mol. The molecular formula is C10H17N3O2S. The number of sulfone groups is 1. The van der Waals surface area contributed by atoms with Crippen LogP contribution in [0.1, 0.15) is 18.4 Å². The van der Waals surface area contributed by atoms with E-state index >= 15 is 0 Å². The van der Waals surface area contributed by atoms with Gasteiger partial charge in [0.25, 0.3) is 0 Å². The maximum Gasteiger partial charge on any atom is 0.149 e. The zero-order valence-electron chi connectivity index (χ0n) is 9.39. The molecule has 0 saturated heterocycles. The maximum absolute atomic E-state index is 11.0. The van der Waals surface area contributed by atoms with Crippen molar-refractivity contribution in [1.82, 2.24) is 15.1 Å². The minimum atomic E-state index is -2.91. The molecule has 1 heterocycles. The van der Waals surface area contributed by atoms with Gasteiger partial charge >= 0.3 is 0 Å². The lowest BCUT2D eigenvalue weighted by Crippen LogP contribution is -2.15. The fourth-order valence-electron chi connectivity index (χ4n) is 1.43. The van der Waals surface area contributed by atoms with E-state index < -0.39 is 9.84 Å². The van der Waals surface area contributed by atoms with Crippen molar-refractivity contribution in [1.29, 1.82) is 0 Å². The van der Waals surface area contributed by atoms with Crippen molar-refractivity contribution < 1.29 is 8.42 Å². The number of nitrogens with one attached hydrogen (secondary N) is 1. The molecule has 1 aliphatic rings. The van der Waals surface area contributed by atoms with E-state index in [2.05, 4.69) is 10.4 Å². The Morgan fingerprint density at radius 1 is 1.56 bits per heavy atom. The second-order valence-corrected chi connectivity index (χ2v) is 6.66. The summed E-state index contributed by atoms with van der Waals surface area (Å²) in [6, 6.07) is 0.680. The summed E-state index contributed by atoms with van der Waals surface area (Å²) in [4.78, 5) is 0. The summed E-state index contributed by atoms with van der Waals surface area (Å²) in [7, 11) is -2.91. The van der Waals surface area contributed by atoms with Crippen LogP contribution in [0.25, 0.3) is 0 Å². The van der Waals surface area contributed by atoms with Crippen molar-refractivity contribution in [3.05, 3.63) is 18.0 Å². The van der Waals surface area contributed by atoms with Gasteiger partial charge in [-0.15, -0.1) is 0 Å². The van der Waals surface area contributed by atoms with E-state index in [-0.39, 0.29) is 5.75 Å². The lowest BCUT2D eigenvalue weighted by molar-refractivity contribution is 0.585. The van der Waals surface area contributed by atoms with E-state index in [0.717, 1.165) is 12.1 Å². The molecule has 2 rings (SSSR count). The molecule has 0 aliphatic heterocycles. The summed E-state index contributed by atoms with van der Waals surface area (Å²) in [6.07, 6.45) is 7.47. The highest BCUT2D eigenvalue weighted by Crippen LogP contribution is 2.19. The van der Waals surface area contributed by atoms with Crippen LogP contribution in [-0.2, 0) is 22.9 Å². The Labute approximate surface area is 95.8 Å². The quantitative estimate of drug-likeness (QED) is 0.774. The van der Waals surface area contributed by atoms with Crippen LogP contribution in [0.5, 0.6) is 0 Å². The molecule has 0 spiro atoms. The van der Waals surface area contributed by atoms with E-state index in [4.69, 9.17) is 0 Å². The van der Waals surface area contributed by atoms with Crippen LogP contribution >= 0.6 is 0 Å². The zero-order valence-corrected chi connectivity index (χ0v) is 10.2. The number of hydrogen-bond acceptors (Lipinski definition) is 4. The van der Waals surface area contributed by atoms with Crippen LogP contribution in [0.4, 0.5) is 0 Å². The molecule has 0 amide bonds. The summed E-state index contributed by atoms with van der Waals surface area (Å²) in [5.41, 5.74) is 1.11. The molecule has 5 nitrogen and oxygen atoms in total. The Bertz CT molecular complexity index is 448. The third-order valence-corrected chi connectivity index (χ3v) is 3.47. The first kappa shape index (κ1) is 11.6. The smallest absolute Gasteiger partial charge is 0.149 e. The maximum atomic E-state index is 11.0. The van der Waals surface area contributed by atoms with Gasteiger partial charge in [-0.1, -0.05) is 0 Å². The van der Waals surface area contributed by atoms with E-state index in [0.29, 0.717) is 12.6 Å². The molecule has 1 aromatic heterocycles. The average molecular weight is 243 g/mol. The van der Waals surface area contributed by atoms with Gasteiger partial charge in [0, 0.05) is 30.6 Å². The van der Waals surface area contributed by atoms with Crippen LogP contribution in [0.3, 0.4) is 0 Å². The third kappa shape index (κ3) is 3.94. The molecule has 1 fully saturated rings. The number of aryl methyl sites for hydroxylation is 1. The first-order chi connectivity index (χ1) is 7.53. The van der Waals surface area contributed by atoms with Crippen LogP contribution in [0.2, 0.25) is 0 Å². The predicted molar refractivity (Wildman–Crippen MR) is 61.8 cm³/mol. The van der Waals surface area contributed by atoms with Gasteiger partial charge in [0.15, 0.2) is 0 Å². The van der Waals surface area contributed by atoms with Gasteiger partial charge in [0.05, 0.1) is 18.5 Å². The summed E-state index contributed by atoms with van der Waals surface area (Å²) in [6.45, 7) is 1.26. The minimum absolute atomic E-state index is 0.143. The number of aromatic nitrogens is 2. The van der Waals surface area contributed by atoms with Crippen LogP contribution in [0, 0.1) is 0 Å². The Morgan fingerprint density at radius 3 is 2.94 bits per heavy atom. The van der Waals surface area contributed by atoms with Crippen molar-refractivity contribution in [3.63, 3.8) is 0 Å². The number of nitrogens with zero attached hydrogens (tertiary/aromatic N) is 2. The van der Waals surface area contributed by atoms with Gasteiger partial charge in [-0.05, 0) is 12.8 Å². The second-order valence-electron chi connectivity index (χ2n) is 4.40. The minimum Gasteiger partial charge on any atom is -0.310 e. The molecular weight excluding hydrogens is 226 g/mol. The van der Waals surface area contributed by atoms with Crippen LogP contribution < -0.4 is 5.32 Å². The van der Waals surface area contributed by atoms with Crippen molar-refractivity contribution >= 4 is 9.84 Å². The van der Waals surface area contributed by atoms with Crippen LogP contribution in [-0.4, -0.2) is 36.2 Å². The summed E-state index contributed by atoms with van der Waals surface area (Å²) in [5, 5.41) is 7.52. The topological polar surface area (TPSA) is 64.0 Å². The first-order valence-corrected chi connectivity index (χ1v) is 7.51. The molecule has 16 heavy (non-hydrogen) atoms. The van der Waals surface area contributed by atoms with E-state index in [1.165, 1.54) is 19.1 Å². The Hall–Kier alpha value is -0.880. The molecule has 1 N–H and O–H groups in total. The summed E-state index contributed by atoms with van der Waals surface area (Å²) >= 11 is 0. The molecule has 0 atom stereocenters. The average Bonchev–Trinajstić information content (AvgIpc) is 2.91. The highest BCUT2D eigenvalue weighted by molar-refractivity contribution is 7.90. The van der Waals surface area contributed by atoms with Crippen molar-refractivity contribution in [2.75, 3.05) is 12.0 Å². The molecule has 0 aromatic carbocycles. The second kappa shape index (κ2) is 4.55. The summed E-state index contributed by atoms with van der Waals surface area (Å²) in [5.74, 6) is 0.143. The fourth-order valence-corrected chi connectivity index (χ4v) is 1.95. The number of hydrogen-bond donors (Lipinski definition) is 1. The molecule has 1 aromatic rings. The molecule has 0 radical (unpaired) electrons. The predicted octanol–water partition coefficient (Wildman–Crippen LogP) is 0.180. The zero-order chi connectivity index (χ0) is 11.6. The molecule has 1 aliphatic carbocycles. The third-order valence-electron chi connectivity index (χ3n) is 2.55. The SMILES string of the molecule is CS(=O)(=O)CCn1cc(CNC2CC2)cn1. The van der Waals surface area contributed by atoms with Crippen molar-refractivity contribution in [2.24, 2.45) is 0 Å². The van der Waals surface area contributed by atoms with Gasteiger partial charge in [-0.3, -0.25) is 4.68 Å².